The molecule has 1 aromatic carbocycles. The zero-order valence-corrected chi connectivity index (χ0v) is 19.4. The van der Waals surface area contributed by atoms with Crippen LogP contribution in [0.4, 0.5) is 5.69 Å². The maximum Gasteiger partial charge on any atom is 0.176 e. The highest BCUT2D eigenvalue weighted by Crippen LogP contribution is 2.29. The van der Waals surface area contributed by atoms with E-state index in [1.54, 1.807) is 11.8 Å². The first-order valence-electron chi connectivity index (χ1n) is 11.4. The SMILES string of the molecule is COCCNc1cc(-n2ccc(-c3cccc(C)c3)n2)nc2cc(/C=C/[C@H]3COCCO3)oc12. The van der Waals surface area contributed by atoms with Gasteiger partial charge in [-0.2, -0.15) is 5.10 Å². The Hall–Kier alpha value is -3.46. The summed E-state index contributed by atoms with van der Waals surface area (Å²) in [5.74, 6) is 1.40. The summed E-state index contributed by atoms with van der Waals surface area (Å²) >= 11 is 0. The Morgan fingerprint density at radius 3 is 2.97 bits per heavy atom. The van der Waals surface area contributed by atoms with Gasteiger partial charge >= 0.3 is 0 Å². The number of hydrogen-bond donors (Lipinski definition) is 1. The number of hydrogen-bond acceptors (Lipinski definition) is 7. The molecule has 1 fully saturated rings. The molecule has 1 aliphatic heterocycles. The molecule has 4 aromatic rings. The van der Waals surface area contributed by atoms with Gasteiger partial charge in [0.15, 0.2) is 11.4 Å². The monoisotopic (exact) mass is 460 g/mol. The van der Waals surface area contributed by atoms with Crippen LogP contribution in [-0.2, 0) is 14.2 Å². The topological polar surface area (TPSA) is 83.6 Å². The number of fused-ring (bicyclic) bond motifs is 1. The quantitative estimate of drug-likeness (QED) is 0.388. The lowest BCUT2D eigenvalue weighted by Gasteiger charge is -2.19. The third-order valence-corrected chi connectivity index (χ3v) is 5.56. The largest absolute Gasteiger partial charge is 0.453 e. The molecule has 4 heterocycles. The molecule has 8 nitrogen and oxygen atoms in total. The summed E-state index contributed by atoms with van der Waals surface area (Å²) < 4.78 is 24.2. The highest BCUT2D eigenvalue weighted by molar-refractivity contribution is 5.89. The summed E-state index contributed by atoms with van der Waals surface area (Å²) in [5, 5.41) is 8.16. The van der Waals surface area contributed by atoms with E-state index in [9.17, 15) is 0 Å². The number of methoxy groups -OCH3 is 1. The highest BCUT2D eigenvalue weighted by Gasteiger charge is 2.15. The van der Waals surface area contributed by atoms with Crippen molar-refractivity contribution in [3.8, 4) is 17.1 Å². The van der Waals surface area contributed by atoms with Crippen LogP contribution in [-0.4, -0.2) is 61.0 Å². The molecule has 0 unspecified atom stereocenters. The number of pyridine rings is 1. The molecule has 0 bridgehead atoms. The lowest BCUT2D eigenvalue weighted by Crippen LogP contribution is -2.26. The van der Waals surface area contributed by atoms with Crippen molar-refractivity contribution in [1.82, 2.24) is 14.8 Å². The minimum atomic E-state index is -0.0751. The lowest BCUT2D eigenvalue weighted by atomic mass is 10.1. The molecule has 8 heteroatoms. The van der Waals surface area contributed by atoms with Crippen LogP contribution in [0.5, 0.6) is 0 Å². The van der Waals surface area contributed by atoms with Gasteiger partial charge in [0, 0.05) is 37.5 Å². The minimum absolute atomic E-state index is 0.0751. The fourth-order valence-electron chi connectivity index (χ4n) is 3.87. The fraction of sp³-hybridized carbons (Fsp3) is 0.308. The Kier molecular flexibility index (Phi) is 6.71. The van der Waals surface area contributed by atoms with Crippen LogP contribution in [0, 0.1) is 6.92 Å². The van der Waals surface area contributed by atoms with Gasteiger partial charge in [-0.05, 0) is 31.2 Å². The number of nitrogens with zero attached hydrogens (tertiary/aromatic N) is 3. The molecule has 176 valence electrons. The molecule has 3 aromatic heterocycles. The van der Waals surface area contributed by atoms with Crippen molar-refractivity contribution < 1.29 is 18.6 Å². The van der Waals surface area contributed by atoms with Crippen LogP contribution in [0.3, 0.4) is 0 Å². The van der Waals surface area contributed by atoms with E-state index >= 15 is 0 Å². The van der Waals surface area contributed by atoms with Crippen molar-refractivity contribution in [2.45, 2.75) is 13.0 Å². The van der Waals surface area contributed by atoms with Gasteiger partial charge in [-0.3, -0.25) is 0 Å². The molecule has 0 radical (unpaired) electrons. The van der Waals surface area contributed by atoms with E-state index in [0.717, 1.165) is 22.5 Å². The maximum absolute atomic E-state index is 6.12. The van der Waals surface area contributed by atoms with E-state index in [2.05, 4.69) is 30.4 Å². The summed E-state index contributed by atoms with van der Waals surface area (Å²) in [4.78, 5) is 4.82. The number of aromatic nitrogens is 3. The number of rotatable bonds is 8. The lowest BCUT2D eigenvalue weighted by molar-refractivity contribution is -0.0672. The summed E-state index contributed by atoms with van der Waals surface area (Å²) in [7, 11) is 1.68. The molecule has 1 saturated heterocycles. The Bertz CT molecular complexity index is 1290. The van der Waals surface area contributed by atoms with Crippen LogP contribution in [0.2, 0.25) is 0 Å². The molecule has 1 atom stereocenters. The Labute approximate surface area is 198 Å². The summed E-state index contributed by atoms with van der Waals surface area (Å²) in [6.07, 6.45) is 5.71. The predicted octanol–water partition coefficient (Wildman–Crippen LogP) is 4.48. The van der Waals surface area contributed by atoms with Crippen LogP contribution in [0.25, 0.3) is 34.3 Å². The second-order valence-electron chi connectivity index (χ2n) is 8.17. The maximum atomic E-state index is 6.12. The second kappa shape index (κ2) is 10.2. The Balaban J connectivity index is 1.47. The van der Waals surface area contributed by atoms with Gasteiger partial charge in [0.1, 0.15) is 11.3 Å². The highest BCUT2D eigenvalue weighted by atomic mass is 16.6. The van der Waals surface area contributed by atoms with Gasteiger partial charge in [0.25, 0.3) is 0 Å². The Morgan fingerprint density at radius 2 is 2.15 bits per heavy atom. The molecule has 34 heavy (non-hydrogen) atoms. The standard InChI is InChI=1S/C26H28N4O4/c1-18-4-3-5-19(14-18)22-8-10-30(29-22)25-16-23(27-9-11-31-2)26-24(28-25)15-20(34-26)6-7-21-17-32-12-13-33-21/h3-8,10,14-16,21H,9,11-13,17H2,1-2H3,(H,27,28)/b7-6+/t21-/m0/s1. The minimum Gasteiger partial charge on any atom is -0.453 e. The van der Waals surface area contributed by atoms with Gasteiger partial charge in [-0.25, -0.2) is 9.67 Å². The van der Waals surface area contributed by atoms with E-state index in [0.29, 0.717) is 50.1 Å². The van der Waals surface area contributed by atoms with Gasteiger partial charge in [-0.1, -0.05) is 23.8 Å². The normalized spacial score (nSPS) is 16.5. The third kappa shape index (κ3) is 5.04. The first-order valence-corrected chi connectivity index (χ1v) is 11.4. The van der Waals surface area contributed by atoms with Gasteiger partial charge in [0.2, 0.25) is 0 Å². The molecular formula is C26H28N4O4. The molecule has 0 amide bonds. The Morgan fingerprint density at radius 1 is 1.21 bits per heavy atom. The van der Waals surface area contributed by atoms with Gasteiger partial charge in [0.05, 0.1) is 43.9 Å². The number of aryl methyl sites for hydroxylation is 1. The van der Waals surface area contributed by atoms with Crippen LogP contribution in [0.15, 0.2) is 59.2 Å². The average Bonchev–Trinajstić information content (AvgIpc) is 3.51. The van der Waals surface area contributed by atoms with Crippen molar-refractivity contribution in [2.75, 3.05) is 45.4 Å². The van der Waals surface area contributed by atoms with Crippen molar-refractivity contribution in [1.29, 1.82) is 0 Å². The first kappa shape index (κ1) is 22.3. The molecule has 0 spiro atoms. The summed E-state index contributed by atoms with van der Waals surface area (Å²) in [5.41, 5.74) is 5.42. The van der Waals surface area contributed by atoms with E-state index in [1.807, 2.05) is 42.6 Å². The molecule has 0 saturated carbocycles. The van der Waals surface area contributed by atoms with Crippen LogP contribution < -0.4 is 5.32 Å². The molecule has 1 N–H and O–H groups in total. The van der Waals surface area contributed by atoms with Crippen LogP contribution in [0.1, 0.15) is 11.3 Å². The zero-order valence-electron chi connectivity index (χ0n) is 19.4. The van der Waals surface area contributed by atoms with E-state index in [4.69, 9.17) is 28.7 Å². The van der Waals surface area contributed by atoms with E-state index in [-0.39, 0.29) is 6.10 Å². The molecule has 1 aliphatic rings. The van der Waals surface area contributed by atoms with Crippen LogP contribution >= 0.6 is 0 Å². The average molecular weight is 461 g/mol. The number of furan rings is 1. The van der Waals surface area contributed by atoms with Crippen molar-refractivity contribution >= 4 is 22.9 Å². The number of ether oxygens (including phenoxy) is 3. The van der Waals surface area contributed by atoms with Crippen molar-refractivity contribution in [2.24, 2.45) is 0 Å². The number of nitrogens with one attached hydrogen (secondary N) is 1. The van der Waals surface area contributed by atoms with E-state index in [1.165, 1.54) is 5.56 Å². The second-order valence-corrected chi connectivity index (χ2v) is 8.17. The van der Waals surface area contributed by atoms with E-state index < -0.39 is 0 Å². The third-order valence-electron chi connectivity index (χ3n) is 5.56. The number of benzene rings is 1. The van der Waals surface area contributed by atoms with Gasteiger partial charge in [-0.15, -0.1) is 0 Å². The van der Waals surface area contributed by atoms with Crippen molar-refractivity contribution in [3.05, 3.63) is 66.1 Å². The van der Waals surface area contributed by atoms with Crippen molar-refractivity contribution in [3.63, 3.8) is 0 Å². The predicted molar refractivity (Wildman–Crippen MR) is 131 cm³/mol. The smallest absolute Gasteiger partial charge is 0.176 e. The molecule has 0 aliphatic carbocycles. The fourth-order valence-corrected chi connectivity index (χ4v) is 3.87. The molecular weight excluding hydrogens is 432 g/mol. The summed E-state index contributed by atoms with van der Waals surface area (Å²) in [6.45, 7) is 5.07. The first-order chi connectivity index (χ1) is 16.7. The summed E-state index contributed by atoms with van der Waals surface area (Å²) in [6, 6.07) is 14.2. The number of anilines is 1. The zero-order chi connectivity index (χ0) is 23.3. The molecule has 5 rings (SSSR count). The van der Waals surface area contributed by atoms with Gasteiger partial charge < -0.3 is 23.9 Å².